The van der Waals surface area contributed by atoms with E-state index in [-0.39, 0.29) is 0 Å². The second-order valence-corrected chi connectivity index (χ2v) is 6.90. The van der Waals surface area contributed by atoms with Gasteiger partial charge in [0.15, 0.2) is 27.8 Å². The van der Waals surface area contributed by atoms with Crippen LogP contribution < -0.4 is 11.2 Å². The molecule has 10 heteroatoms. The summed E-state index contributed by atoms with van der Waals surface area (Å²) < 4.78 is 3.18. The van der Waals surface area contributed by atoms with Gasteiger partial charge in [0.1, 0.15) is 5.69 Å². The van der Waals surface area contributed by atoms with E-state index in [2.05, 4.69) is 24.9 Å². The maximum absolute atomic E-state index is 12.4. The third-order valence-corrected chi connectivity index (χ3v) is 5.08. The average Bonchev–Trinajstić information content (AvgIpc) is 3.27. The van der Waals surface area contributed by atoms with Gasteiger partial charge in [0.25, 0.3) is 5.56 Å². The minimum absolute atomic E-state index is 0.353. The monoisotopic (exact) mass is 383 g/mol. The lowest BCUT2D eigenvalue weighted by atomic mass is 10.3. The standard InChI is InChI=1S/C17H17N7O2S/c1-3-4-8-24-14-11(15(25)22-17(24)26)23(2)13(21-14)10-9-27-16(20-10)12-18-6-5-7-19-12/h5-7,9H,3-4,8H2,1-2H3,(H,22,25,26). The number of hydrogen-bond acceptors (Lipinski definition) is 7. The van der Waals surface area contributed by atoms with E-state index in [1.165, 1.54) is 15.9 Å². The van der Waals surface area contributed by atoms with Crippen molar-refractivity contribution in [3.8, 4) is 22.4 Å². The van der Waals surface area contributed by atoms with Gasteiger partial charge in [0.2, 0.25) is 0 Å². The lowest BCUT2D eigenvalue weighted by Crippen LogP contribution is -2.31. The van der Waals surface area contributed by atoms with E-state index in [0.717, 1.165) is 12.8 Å². The normalized spacial score (nSPS) is 11.3. The first-order chi connectivity index (χ1) is 13.1. The molecule has 4 rings (SSSR count). The van der Waals surface area contributed by atoms with Crippen LogP contribution in [0.2, 0.25) is 0 Å². The van der Waals surface area contributed by atoms with Gasteiger partial charge in [-0.2, -0.15) is 0 Å². The summed E-state index contributed by atoms with van der Waals surface area (Å²) in [6.45, 7) is 2.54. The first kappa shape index (κ1) is 17.3. The van der Waals surface area contributed by atoms with Gasteiger partial charge >= 0.3 is 5.69 Å². The van der Waals surface area contributed by atoms with Crippen molar-refractivity contribution in [2.75, 3.05) is 0 Å². The van der Waals surface area contributed by atoms with Crippen molar-refractivity contribution in [3.63, 3.8) is 0 Å². The van der Waals surface area contributed by atoms with Crippen molar-refractivity contribution >= 4 is 22.5 Å². The van der Waals surface area contributed by atoms with Crippen LogP contribution >= 0.6 is 11.3 Å². The Morgan fingerprint density at radius 3 is 2.70 bits per heavy atom. The fraction of sp³-hybridized carbons (Fsp3) is 0.294. The fourth-order valence-corrected chi connectivity index (χ4v) is 3.63. The van der Waals surface area contributed by atoms with Crippen LogP contribution in [0.4, 0.5) is 0 Å². The maximum Gasteiger partial charge on any atom is 0.330 e. The molecular formula is C17H17N7O2S. The van der Waals surface area contributed by atoms with Gasteiger partial charge in [0, 0.05) is 31.4 Å². The predicted octanol–water partition coefficient (Wildman–Crippen LogP) is 1.80. The minimum Gasteiger partial charge on any atom is -0.320 e. The summed E-state index contributed by atoms with van der Waals surface area (Å²) in [6.07, 6.45) is 5.06. The van der Waals surface area contributed by atoms with Crippen molar-refractivity contribution in [1.29, 1.82) is 0 Å². The van der Waals surface area contributed by atoms with E-state index in [0.29, 0.717) is 40.1 Å². The summed E-state index contributed by atoms with van der Waals surface area (Å²) in [7, 11) is 1.74. The van der Waals surface area contributed by atoms with Gasteiger partial charge in [-0.3, -0.25) is 14.3 Å². The molecule has 9 nitrogen and oxygen atoms in total. The Kier molecular flexibility index (Phi) is 4.40. The highest BCUT2D eigenvalue weighted by Crippen LogP contribution is 2.27. The number of imidazole rings is 1. The van der Waals surface area contributed by atoms with Crippen LogP contribution in [-0.2, 0) is 13.6 Å². The molecular weight excluding hydrogens is 366 g/mol. The van der Waals surface area contributed by atoms with Gasteiger partial charge in [-0.05, 0) is 12.5 Å². The molecule has 0 aliphatic heterocycles. The van der Waals surface area contributed by atoms with Crippen molar-refractivity contribution in [1.82, 2.24) is 34.1 Å². The number of rotatable bonds is 5. The smallest absolute Gasteiger partial charge is 0.320 e. The van der Waals surface area contributed by atoms with Gasteiger partial charge in [-0.25, -0.2) is 24.7 Å². The summed E-state index contributed by atoms with van der Waals surface area (Å²) in [6, 6.07) is 1.74. The first-order valence-corrected chi connectivity index (χ1v) is 9.41. The second-order valence-electron chi connectivity index (χ2n) is 6.04. The Labute approximate surface area is 157 Å². The number of aryl methyl sites for hydroxylation is 2. The molecule has 4 aromatic rings. The number of hydrogen-bond donors (Lipinski definition) is 1. The molecule has 27 heavy (non-hydrogen) atoms. The number of fused-ring (bicyclic) bond motifs is 1. The number of nitrogens with one attached hydrogen (secondary N) is 1. The quantitative estimate of drug-likeness (QED) is 0.562. The molecule has 0 spiro atoms. The lowest BCUT2D eigenvalue weighted by molar-refractivity contribution is 0.613. The topological polar surface area (TPSA) is 111 Å². The first-order valence-electron chi connectivity index (χ1n) is 8.53. The second kappa shape index (κ2) is 6.88. The summed E-state index contributed by atoms with van der Waals surface area (Å²) in [5, 5.41) is 2.50. The molecule has 0 aromatic carbocycles. The average molecular weight is 383 g/mol. The molecule has 0 unspecified atom stereocenters. The summed E-state index contributed by atoms with van der Waals surface area (Å²) in [5.74, 6) is 1.05. The highest BCUT2D eigenvalue weighted by Gasteiger charge is 2.19. The molecule has 1 N–H and O–H groups in total. The molecule has 0 aliphatic rings. The Bertz CT molecular complexity index is 1220. The molecule has 0 aliphatic carbocycles. The Morgan fingerprint density at radius 1 is 1.19 bits per heavy atom. The largest absolute Gasteiger partial charge is 0.330 e. The van der Waals surface area contributed by atoms with E-state index in [1.807, 2.05) is 12.3 Å². The van der Waals surface area contributed by atoms with Gasteiger partial charge in [0.05, 0.1) is 0 Å². The molecule has 0 saturated heterocycles. The van der Waals surface area contributed by atoms with Gasteiger partial charge in [-0.15, -0.1) is 11.3 Å². The number of unbranched alkanes of at least 4 members (excludes halogenated alkanes) is 1. The number of thiazole rings is 1. The van der Waals surface area contributed by atoms with Crippen LogP contribution in [0, 0.1) is 0 Å². The van der Waals surface area contributed by atoms with Gasteiger partial charge in [-0.1, -0.05) is 13.3 Å². The summed E-state index contributed by atoms with van der Waals surface area (Å²) >= 11 is 1.40. The van der Waals surface area contributed by atoms with E-state index in [4.69, 9.17) is 0 Å². The molecule has 0 fully saturated rings. The lowest BCUT2D eigenvalue weighted by Gasteiger charge is -2.04. The summed E-state index contributed by atoms with van der Waals surface area (Å²) in [4.78, 5) is 44.5. The van der Waals surface area contributed by atoms with Crippen molar-refractivity contribution < 1.29 is 0 Å². The van der Waals surface area contributed by atoms with E-state index in [1.54, 1.807) is 30.1 Å². The summed E-state index contributed by atoms with van der Waals surface area (Å²) in [5.41, 5.74) is 0.439. The Balaban J connectivity index is 1.87. The number of aromatic amines is 1. The maximum atomic E-state index is 12.4. The molecule has 0 atom stereocenters. The van der Waals surface area contributed by atoms with Gasteiger partial charge < -0.3 is 4.57 Å². The van der Waals surface area contributed by atoms with Crippen molar-refractivity contribution in [2.45, 2.75) is 26.3 Å². The minimum atomic E-state index is -0.453. The molecule has 4 aromatic heterocycles. The molecule has 0 radical (unpaired) electrons. The zero-order chi connectivity index (χ0) is 19.0. The molecule has 4 heterocycles. The fourth-order valence-electron chi connectivity index (χ4n) is 2.89. The number of H-pyrrole nitrogens is 1. The number of nitrogens with zero attached hydrogens (tertiary/aromatic N) is 6. The zero-order valence-electron chi connectivity index (χ0n) is 14.8. The highest BCUT2D eigenvalue weighted by atomic mass is 32.1. The third-order valence-electron chi connectivity index (χ3n) is 4.24. The molecule has 138 valence electrons. The highest BCUT2D eigenvalue weighted by molar-refractivity contribution is 7.13. The number of aromatic nitrogens is 7. The van der Waals surface area contributed by atoms with Crippen LogP contribution in [0.5, 0.6) is 0 Å². The van der Waals surface area contributed by atoms with Crippen molar-refractivity contribution in [3.05, 3.63) is 44.7 Å². The molecule has 0 amide bonds. The molecule has 0 bridgehead atoms. The van der Waals surface area contributed by atoms with Crippen LogP contribution in [0.3, 0.4) is 0 Å². The molecule has 0 saturated carbocycles. The zero-order valence-corrected chi connectivity index (χ0v) is 15.7. The van der Waals surface area contributed by atoms with E-state index >= 15 is 0 Å². The Morgan fingerprint density at radius 2 is 1.96 bits per heavy atom. The van der Waals surface area contributed by atoms with Crippen LogP contribution in [0.25, 0.3) is 33.5 Å². The predicted molar refractivity (Wildman–Crippen MR) is 103 cm³/mol. The van der Waals surface area contributed by atoms with Crippen LogP contribution in [0.15, 0.2) is 33.4 Å². The van der Waals surface area contributed by atoms with E-state index in [9.17, 15) is 9.59 Å². The van der Waals surface area contributed by atoms with Crippen LogP contribution in [0.1, 0.15) is 19.8 Å². The van der Waals surface area contributed by atoms with E-state index < -0.39 is 11.2 Å². The van der Waals surface area contributed by atoms with Crippen LogP contribution in [-0.4, -0.2) is 34.1 Å². The Hall–Kier alpha value is -3.14. The van der Waals surface area contributed by atoms with Crippen molar-refractivity contribution in [2.24, 2.45) is 7.05 Å². The third kappa shape index (κ3) is 2.97. The SMILES string of the molecule is CCCCn1c(=O)[nH]c(=O)c2c1nc(-c1csc(-c3ncccn3)n1)n2C.